The zero-order valence-corrected chi connectivity index (χ0v) is 11.2. The van der Waals surface area contributed by atoms with Gasteiger partial charge in [-0.2, -0.15) is 4.31 Å². The van der Waals surface area contributed by atoms with E-state index in [0.717, 1.165) is 25.1 Å². The third kappa shape index (κ3) is 3.19. The highest BCUT2D eigenvalue weighted by Gasteiger charge is 2.26. The van der Waals surface area contributed by atoms with Crippen LogP contribution in [-0.4, -0.2) is 38.9 Å². The van der Waals surface area contributed by atoms with Crippen molar-refractivity contribution < 1.29 is 8.42 Å². The van der Waals surface area contributed by atoms with Crippen molar-refractivity contribution in [2.75, 3.05) is 20.1 Å². The highest BCUT2D eigenvalue weighted by molar-refractivity contribution is 7.92. The van der Waals surface area contributed by atoms with E-state index in [1.807, 2.05) is 30.3 Å². The minimum absolute atomic E-state index is 0.0652. The summed E-state index contributed by atoms with van der Waals surface area (Å²) in [6.07, 6.45) is 2.50. The van der Waals surface area contributed by atoms with Crippen molar-refractivity contribution in [2.24, 2.45) is 0 Å². The summed E-state index contributed by atoms with van der Waals surface area (Å²) in [7, 11) is -1.69. The van der Waals surface area contributed by atoms with Gasteiger partial charge in [0.1, 0.15) is 0 Å². The second-order valence-electron chi connectivity index (χ2n) is 4.42. The molecule has 1 fully saturated rings. The molecule has 1 aromatic carbocycles. The summed E-state index contributed by atoms with van der Waals surface area (Å²) in [6.45, 7) is 1.61. The number of hydrogen-bond donors (Lipinski definition) is 1. The van der Waals surface area contributed by atoms with Crippen LogP contribution in [-0.2, 0) is 10.0 Å². The van der Waals surface area contributed by atoms with Crippen molar-refractivity contribution in [2.45, 2.75) is 12.5 Å². The maximum atomic E-state index is 12.1. The van der Waals surface area contributed by atoms with Crippen LogP contribution in [0.2, 0.25) is 0 Å². The van der Waals surface area contributed by atoms with E-state index >= 15 is 0 Å². The number of benzene rings is 1. The van der Waals surface area contributed by atoms with E-state index in [0.29, 0.717) is 0 Å². The van der Waals surface area contributed by atoms with Gasteiger partial charge in [0.2, 0.25) is 10.0 Å². The molecule has 5 heteroatoms. The minimum Gasteiger partial charge on any atom is -0.315 e. The molecule has 2 rings (SSSR count). The maximum Gasteiger partial charge on any atom is 0.236 e. The Balaban J connectivity index is 2.09. The normalized spacial score (nSPS) is 20.9. The summed E-state index contributed by atoms with van der Waals surface area (Å²) in [5, 5.41) is 4.45. The van der Waals surface area contributed by atoms with Crippen molar-refractivity contribution in [3.63, 3.8) is 0 Å². The Labute approximate surface area is 108 Å². The predicted molar refractivity (Wildman–Crippen MR) is 73.4 cm³/mol. The average molecular weight is 266 g/mol. The molecule has 0 bridgehead atoms. The van der Waals surface area contributed by atoms with Crippen LogP contribution < -0.4 is 5.32 Å². The molecule has 98 valence electrons. The Morgan fingerprint density at radius 3 is 2.67 bits per heavy atom. The first-order chi connectivity index (χ1) is 8.59. The van der Waals surface area contributed by atoms with E-state index in [4.69, 9.17) is 0 Å². The molecule has 1 unspecified atom stereocenters. The summed E-state index contributed by atoms with van der Waals surface area (Å²) in [5.41, 5.74) is 0.888. The molecule has 1 aliphatic heterocycles. The third-order valence-corrected chi connectivity index (χ3v) is 4.76. The molecule has 1 atom stereocenters. The fraction of sp³-hybridized carbons (Fsp3) is 0.385. The lowest BCUT2D eigenvalue weighted by atomic mass is 10.2. The van der Waals surface area contributed by atoms with Crippen LogP contribution in [0, 0.1) is 0 Å². The highest BCUT2D eigenvalue weighted by Crippen LogP contribution is 2.13. The molecule has 0 spiro atoms. The van der Waals surface area contributed by atoms with Crippen LogP contribution in [0.15, 0.2) is 35.7 Å². The quantitative estimate of drug-likeness (QED) is 0.893. The topological polar surface area (TPSA) is 49.4 Å². The first-order valence-electron chi connectivity index (χ1n) is 6.01. The van der Waals surface area contributed by atoms with Gasteiger partial charge in [0.15, 0.2) is 0 Å². The van der Waals surface area contributed by atoms with Crippen LogP contribution in [0.4, 0.5) is 0 Å². The summed E-state index contributed by atoms with van der Waals surface area (Å²) in [5.74, 6) is 0. The Morgan fingerprint density at radius 2 is 2.06 bits per heavy atom. The number of rotatable bonds is 4. The second kappa shape index (κ2) is 5.65. The predicted octanol–water partition coefficient (Wildman–Crippen LogP) is 1.28. The Kier molecular flexibility index (Phi) is 4.16. The molecule has 1 saturated heterocycles. The number of hydrogen-bond acceptors (Lipinski definition) is 3. The van der Waals surface area contributed by atoms with Crippen LogP contribution in [0.25, 0.3) is 6.08 Å². The van der Waals surface area contributed by atoms with Crippen molar-refractivity contribution >= 4 is 16.1 Å². The summed E-state index contributed by atoms with van der Waals surface area (Å²) >= 11 is 0. The van der Waals surface area contributed by atoms with Crippen molar-refractivity contribution in [1.82, 2.24) is 9.62 Å². The van der Waals surface area contributed by atoms with E-state index < -0.39 is 10.0 Å². The van der Waals surface area contributed by atoms with Gasteiger partial charge in [-0.05, 0) is 24.6 Å². The van der Waals surface area contributed by atoms with Crippen LogP contribution in [0.3, 0.4) is 0 Å². The van der Waals surface area contributed by atoms with Gasteiger partial charge in [0.25, 0.3) is 0 Å². The monoisotopic (exact) mass is 266 g/mol. The van der Waals surface area contributed by atoms with Gasteiger partial charge < -0.3 is 5.32 Å². The van der Waals surface area contributed by atoms with Crippen LogP contribution >= 0.6 is 0 Å². The van der Waals surface area contributed by atoms with Crippen molar-refractivity contribution in [3.05, 3.63) is 41.3 Å². The molecule has 1 aromatic rings. The minimum atomic E-state index is -3.33. The second-order valence-corrected chi connectivity index (χ2v) is 6.30. The molecule has 1 N–H and O–H groups in total. The van der Waals surface area contributed by atoms with Crippen molar-refractivity contribution in [1.29, 1.82) is 0 Å². The van der Waals surface area contributed by atoms with Gasteiger partial charge in [0.05, 0.1) is 0 Å². The van der Waals surface area contributed by atoms with E-state index in [2.05, 4.69) is 5.32 Å². The zero-order chi connectivity index (χ0) is 13.0. The van der Waals surface area contributed by atoms with E-state index in [1.54, 1.807) is 13.1 Å². The molecule has 1 aliphatic rings. The molecule has 0 aromatic heterocycles. The molecule has 18 heavy (non-hydrogen) atoms. The number of nitrogens with one attached hydrogen (secondary N) is 1. The van der Waals surface area contributed by atoms with Crippen LogP contribution in [0.5, 0.6) is 0 Å². The Bertz CT molecular complexity index is 505. The van der Waals surface area contributed by atoms with Gasteiger partial charge in [-0.15, -0.1) is 0 Å². The van der Waals surface area contributed by atoms with Crippen molar-refractivity contribution in [3.8, 4) is 0 Å². The van der Waals surface area contributed by atoms with Gasteiger partial charge in [-0.3, -0.25) is 0 Å². The molecule has 4 nitrogen and oxygen atoms in total. The molecule has 0 amide bonds. The number of likely N-dealkylation sites (N-methyl/N-ethyl adjacent to an activating group) is 1. The fourth-order valence-electron chi connectivity index (χ4n) is 1.98. The van der Waals surface area contributed by atoms with Gasteiger partial charge in [-0.1, -0.05) is 30.3 Å². The van der Waals surface area contributed by atoms with E-state index in [9.17, 15) is 8.42 Å². The average Bonchev–Trinajstić information content (AvgIpc) is 2.90. The molecule has 0 saturated carbocycles. The number of sulfonamides is 1. The lowest BCUT2D eigenvalue weighted by Gasteiger charge is -2.20. The lowest BCUT2D eigenvalue weighted by molar-refractivity contribution is 0.393. The third-order valence-electron chi connectivity index (χ3n) is 3.18. The summed E-state index contributed by atoms with van der Waals surface area (Å²) in [6, 6.07) is 9.50. The first-order valence-corrected chi connectivity index (χ1v) is 7.52. The van der Waals surface area contributed by atoms with E-state index in [1.165, 1.54) is 9.71 Å². The molecule has 0 radical (unpaired) electrons. The molecular formula is C13H18N2O2S. The van der Waals surface area contributed by atoms with Gasteiger partial charge in [0, 0.05) is 25.0 Å². The summed E-state index contributed by atoms with van der Waals surface area (Å²) < 4.78 is 25.7. The zero-order valence-electron chi connectivity index (χ0n) is 10.4. The SMILES string of the molecule is CN(C1CCNC1)S(=O)(=O)C=Cc1ccccc1. The summed E-state index contributed by atoms with van der Waals surface area (Å²) in [4.78, 5) is 0. The lowest BCUT2D eigenvalue weighted by Crippen LogP contribution is -2.37. The standard InChI is InChI=1S/C13H18N2O2S/c1-15(13-7-9-14-11-13)18(16,17)10-8-12-5-3-2-4-6-12/h2-6,8,10,13-14H,7,9,11H2,1H3. The largest absolute Gasteiger partial charge is 0.315 e. The molecular weight excluding hydrogens is 248 g/mol. The van der Waals surface area contributed by atoms with E-state index in [-0.39, 0.29) is 6.04 Å². The fourth-order valence-corrected chi connectivity index (χ4v) is 3.10. The first kappa shape index (κ1) is 13.3. The molecule has 0 aliphatic carbocycles. The highest BCUT2D eigenvalue weighted by atomic mass is 32.2. The van der Waals surface area contributed by atoms with Crippen LogP contribution in [0.1, 0.15) is 12.0 Å². The van der Waals surface area contributed by atoms with Gasteiger partial charge >= 0.3 is 0 Å². The molecule has 1 heterocycles. The maximum absolute atomic E-state index is 12.1. The van der Waals surface area contributed by atoms with Gasteiger partial charge in [-0.25, -0.2) is 8.42 Å². The number of nitrogens with zero attached hydrogens (tertiary/aromatic N) is 1. The Hall–Kier alpha value is -1.17. The Morgan fingerprint density at radius 1 is 1.33 bits per heavy atom. The smallest absolute Gasteiger partial charge is 0.236 e.